The lowest BCUT2D eigenvalue weighted by atomic mass is 10.2. The highest BCUT2D eigenvalue weighted by Crippen LogP contribution is 2.27. The Morgan fingerprint density at radius 1 is 1.00 bits per heavy atom. The molecule has 0 saturated heterocycles. The summed E-state index contributed by atoms with van der Waals surface area (Å²) in [6, 6.07) is 16.4. The standard InChI is InChI=1S/C21H17N7O2S/c22-19(30)17-9-8-15(12-24-17)25-18(29)13-31-21-27-26-20(14-5-4-10-23-11-14)28(21)16-6-2-1-3-7-16/h1-12H,13H2,(H2,22,30)(H,25,29). The second-order valence-electron chi connectivity index (χ2n) is 6.35. The minimum atomic E-state index is -0.627. The second kappa shape index (κ2) is 9.18. The summed E-state index contributed by atoms with van der Waals surface area (Å²) in [6.07, 6.45) is 4.79. The predicted octanol–water partition coefficient (Wildman–Crippen LogP) is 2.55. The van der Waals surface area contributed by atoms with Gasteiger partial charge in [0.1, 0.15) is 5.69 Å². The van der Waals surface area contributed by atoms with Gasteiger partial charge in [-0.25, -0.2) is 4.98 Å². The highest BCUT2D eigenvalue weighted by atomic mass is 32.2. The number of pyridine rings is 2. The Morgan fingerprint density at radius 3 is 2.52 bits per heavy atom. The number of carbonyl (C=O) groups is 2. The number of nitrogens with one attached hydrogen (secondary N) is 1. The third-order valence-corrected chi connectivity index (χ3v) is 5.13. The molecule has 0 aliphatic rings. The molecule has 0 radical (unpaired) electrons. The van der Waals surface area contributed by atoms with E-state index in [1.807, 2.05) is 47.0 Å². The average Bonchev–Trinajstić information content (AvgIpc) is 3.23. The van der Waals surface area contributed by atoms with Crippen molar-refractivity contribution in [3.05, 3.63) is 78.9 Å². The number of anilines is 1. The van der Waals surface area contributed by atoms with Crippen molar-refractivity contribution in [3.8, 4) is 17.1 Å². The number of aromatic nitrogens is 5. The highest BCUT2D eigenvalue weighted by molar-refractivity contribution is 7.99. The number of thioether (sulfide) groups is 1. The molecule has 9 nitrogen and oxygen atoms in total. The van der Waals surface area contributed by atoms with Gasteiger partial charge in [-0.05, 0) is 36.4 Å². The number of amides is 2. The molecule has 0 fully saturated rings. The summed E-state index contributed by atoms with van der Waals surface area (Å²) >= 11 is 1.26. The van der Waals surface area contributed by atoms with Crippen molar-refractivity contribution >= 4 is 29.3 Å². The molecule has 4 aromatic rings. The molecular weight excluding hydrogens is 414 g/mol. The zero-order valence-electron chi connectivity index (χ0n) is 16.2. The molecule has 4 rings (SSSR count). The first-order valence-corrected chi connectivity index (χ1v) is 10.2. The zero-order valence-corrected chi connectivity index (χ0v) is 17.0. The van der Waals surface area contributed by atoms with E-state index in [1.165, 1.54) is 24.0 Å². The van der Waals surface area contributed by atoms with Crippen molar-refractivity contribution in [2.45, 2.75) is 5.16 Å². The van der Waals surface area contributed by atoms with Gasteiger partial charge in [-0.1, -0.05) is 30.0 Å². The minimum Gasteiger partial charge on any atom is -0.364 e. The molecule has 0 saturated carbocycles. The van der Waals surface area contributed by atoms with E-state index >= 15 is 0 Å². The van der Waals surface area contributed by atoms with Crippen LogP contribution in [0.1, 0.15) is 10.5 Å². The molecule has 154 valence electrons. The molecular formula is C21H17N7O2S. The van der Waals surface area contributed by atoms with Gasteiger partial charge < -0.3 is 11.1 Å². The number of primary amides is 1. The van der Waals surface area contributed by atoms with Gasteiger partial charge >= 0.3 is 0 Å². The number of nitrogens with two attached hydrogens (primary N) is 1. The molecule has 0 spiro atoms. The van der Waals surface area contributed by atoms with Crippen molar-refractivity contribution in [2.24, 2.45) is 5.73 Å². The smallest absolute Gasteiger partial charge is 0.267 e. The van der Waals surface area contributed by atoms with E-state index in [0.29, 0.717) is 16.7 Å². The van der Waals surface area contributed by atoms with Crippen molar-refractivity contribution in [3.63, 3.8) is 0 Å². The van der Waals surface area contributed by atoms with Crippen molar-refractivity contribution in [1.29, 1.82) is 0 Å². The monoisotopic (exact) mass is 431 g/mol. The molecule has 0 unspecified atom stereocenters. The Hall–Kier alpha value is -4.05. The third-order valence-electron chi connectivity index (χ3n) is 4.20. The fraction of sp³-hybridized carbons (Fsp3) is 0.0476. The summed E-state index contributed by atoms with van der Waals surface area (Å²) in [4.78, 5) is 31.6. The van der Waals surface area contributed by atoms with E-state index in [9.17, 15) is 9.59 Å². The molecule has 31 heavy (non-hydrogen) atoms. The number of nitrogens with zero attached hydrogens (tertiary/aromatic N) is 5. The van der Waals surface area contributed by atoms with E-state index in [1.54, 1.807) is 18.5 Å². The Morgan fingerprint density at radius 2 is 1.84 bits per heavy atom. The van der Waals surface area contributed by atoms with Crippen LogP contribution in [0.3, 0.4) is 0 Å². The molecule has 3 N–H and O–H groups in total. The number of hydrogen-bond donors (Lipinski definition) is 2. The fourth-order valence-electron chi connectivity index (χ4n) is 2.80. The van der Waals surface area contributed by atoms with Crippen LogP contribution in [0.15, 0.2) is 78.3 Å². The maximum absolute atomic E-state index is 12.4. The lowest BCUT2D eigenvalue weighted by Gasteiger charge is -2.10. The molecule has 3 heterocycles. The number of hydrogen-bond acceptors (Lipinski definition) is 7. The molecule has 2 amide bonds. The van der Waals surface area contributed by atoms with Crippen LogP contribution < -0.4 is 11.1 Å². The summed E-state index contributed by atoms with van der Waals surface area (Å²) < 4.78 is 1.89. The lowest BCUT2D eigenvalue weighted by molar-refractivity contribution is -0.113. The Bertz CT molecular complexity index is 1200. The molecule has 0 aliphatic heterocycles. The van der Waals surface area contributed by atoms with Crippen LogP contribution in [0.25, 0.3) is 17.1 Å². The van der Waals surface area contributed by atoms with Crippen molar-refractivity contribution in [1.82, 2.24) is 24.7 Å². The van der Waals surface area contributed by atoms with Crippen LogP contribution in [0.5, 0.6) is 0 Å². The van der Waals surface area contributed by atoms with Gasteiger partial charge in [0, 0.05) is 23.6 Å². The Labute approximate surface area is 181 Å². The van der Waals surface area contributed by atoms with Gasteiger partial charge in [-0.15, -0.1) is 10.2 Å². The molecule has 3 aromatic heterocycles. The van der Waals surface area contributed by atoms with E-state index < -0.39 is 5.91 Å². The maximum atomic E-state index is 12.4. The van der Waals surface area contributed by atoms with Crippen LogP contribution in [0.4, 0.5) is 5.69 Å². The lowest BCUT2D eigenvalue weighted by Crippen LogP contribution is -2.16. The quantitative estimate of drug-likeness (QED) is 0.430. The summed E-state index contributed by atoms with van der Waals surface area (Å²) in [6.45, 7) is 0. The van der Waals surface area contributed by atoms with Gasteiger partial charge in [0.2, 0.25) is 5.91 Å². The first kappa shape index (κ1) is 20.2. The van der Waals surface area contributed by atoms with E-state index in [-0.39, 0.29) is 17.4 Å². The van der Waals surface area contributed by atoms with E-state index in [0.717, 1.165) is 11.3 Å². The van der Waals surface area contributed by atoms with Crippen LogP contribution in [0.2, 0.25) is 0 Å². The molecule has 0 bridgehead atoms. The van der Waals surface area contributed by atoms with E-state index in [2.05, 4.69) is 25.5 Å². The van der Waals surface area contributed by atoms with Crippen LogP contribution in [0, 0.1) is 0 Å². The highest BCUT2D eigenvalue weighted by Gasteiger charge is 2.17. The SMILES string of the molecule is NC(=O)c1ccc(NC(=O)CSc2nnc(-c3cccnc3)n2-c2ccccc2)cn1. The molecule has 10 heteroatoms. The van der Waals surface area contributed by atoms with Crippen molar-refractivity contribution < 1.29 is 9.59 Å². The number of benzene rings is 1. The number of carbonyl (C=O) groups excluding carboxylic acids is 2. The van der Waals surface area contributed by atoms with Gasteiger partial charge in [-0.3, -0.25) is 19.1 Å². The molecule has 1 aromatic carbocycles. The largest absolute Gasteiger partial charge is 0.364 e. The first-order valence-electron chi connectivity index (χ1n) is 9.21. The topological polar surface area (TPSA) is 129 Å². The minimum absolute atomic E-state index is 0.107. The summed E-state index contributed by atoms with van der Waals surface area (Å²) in [5.41, 5.74) is 7.46. The van der Waals surface area contributed by atoms with Crippen LogP contribution in [-0.2, 0) is 4.79 Å². The van der Waals surface area contributed by atoms with Crippen LogP contribution in [-0.4, -0.2) is 42.3 Å². The van der Waals surface area contributed by atoms with Gasteiger partial charge in [0.15, 0.2) is 11.0 Å². The van der Waals surface area contributed by atoms with Gasteiger partial charge in [-0.2, -0.15) is 0 Å². The second-order valence-corrected chi connectivity index (χ2v) is 7.29. The number of para-hydroxylation sites is 1. The summed E-state index contributed by atoms with van der Waals surface area (Å²) in [5.74, 6) is -0.133. The van der Waals surface area contributed by atoms with E-state index in [4.69, 9.17) is 5.73 Å². The van der Waals surface area contributed by atoms with Gasteiger partial charge in [0.05, 0.1) is 17.6 Å². The maximum Gasteiger partial charge on any atom is 0.267 e. The fourth-order valence-corrected chi connectivity index (χ4v) is 3.55. The predicted molar refractivity (Wildman–Crippen MR) is 117 cm³/mol. The normalized spacial score (nSPS) is 10.6. The summed E-state index contributed by atoms with van der Waals surface area (Å²) in [5, 5.41) is 11.9. The molecule has 0 aliphatic carbocycles. The average molecular weight is 431 g/mol. The third kappa shape index (κ3) is 4.75. The Balaban J connectivity index is 1.52. The Kier molecular flexibility index (Phi) is 5.99. The first-order chi connectivity index (χ1) is 15.1. The van der Waals surface area contributed by atoms with Crippen LogP contribution >= 0.6 is 11.8 Å². The summed E-state index contributed by atoms with van der Waals surface area (Å²) in [7, 11) is 0. The van der Waals surface area contributed by atoms with Crippen molar-refractivity contribution in [2.75, 3.05) is 11.1 Å². The van der Waals surface area contributed by atoms with Gasteiger partial charge in [0.25, 0.3) is 5.91 Å². The zero-order chi connectivity index (χ0) is 21.6. The number of rotatable bonds is 7. The molecule has 0 atom stereocenters.